The molecule has 2 amide bonds. The number of aryl methyl sites for hydroxylation is 1. The average Bonchev–Trinajstić information content (AvgIpc) is 3.44. The summed E-state index contributed by atoms with van der Waals surface area (Å²) in [5.74, 6) is -0.757. The predicted octanol–water partition coefficient (Wildman–Crippen LogP) is 7.34. The van der Waals surface area contributed by atoms with Gasteiger partial charge in [0.2, 0.25) is 0 Å². The predicted molar refractivity (Wildman–Crippen MR) is 172 cm³/mol. The highest BCUT2D eigenvalue weighted by Gasteiger charge is 2.53. The molecular formula is C36H32F4N4O5. The van der Waals surface area contributed by atoms with Gasteiger partial charge in [0.05, 0.1) is 24.3 Å². The van der Waals surface area contributed by atoms with Crippen LogP contribution in [0.4, 0.5) is 17.6 Å². The Morgan fingerprint density at radius 3 is 2.33 bits per heavy atom. The fourth-order valence-corrected chi connectivity index (χ4v) is 6.30. The largest absolute Gasteiger partial charge is 0.522 e. The van der Waals surface area contributed by atoms with Crippen molar-refractivity contribution >= 4 is 22.8 Å². The number of hydrogen-bond donors (Lipinski definition) is 2. The highest BCUT2D eigenvalue weighted by atomic mass is 19.4. The molecule has 1 fully saturated rings. The minimum atomic E-state index is -4.83. The zero-order valence-corrected chi connectivity index (χ0v) is 26.8. The van der Waals surface area contributed by atoms with Gasteiger partial charge in [-0.1, -0.05) is 19.4 Å². The van der Waals surface area contributed by atoms with Gasteiger partial charge in [0.15, 0.2) is 5.82 Å². The number of carbonyl (C=O) groups is 2. The van der Waals surface area contributed by atoms with E-state index in [-0.39, 0.29) is 41.3 Å². The fourth-order valence-electron chi connectivity index (χ4n) is 6.30. The van der Waals surface area contributed by atoms with E-state index in [0.717, 1.165) is 17.5 Å². The maximum atomic E-state index is 14.0. The van der Waals surface area contributed by atoms with E-state index in [2.05, 4.69) is 25.3 Å². The molecule has 0 atom stereocenters. The molecule has 0 aliphatic heterocycles. The van der Waals surface area contributed by atoms with E-state index >= 15 is 0 Å². The number of hydrogen-bond acceptors (Lipinski definition) is 7. The van der Waals surface area contributed by atoms with E-state index in [4.69, 9.17) is 9.15 Å². The van der Waals surface area contributed by atoms with E-state index in [1.165, 1.54) is 50.8 Å². The summed E-state index contributed by atoms with van der Waals surface area (Å²) in [6.07, 6.45) is -2.10. The second-order valence-corrected chi connectivity index (χ2v) is 11.8. The molecule has 6 rings (SSSR count). The molecule has 254 valence electrons. The van der Waals surface area contributed by atoms with Crippen LogP contribution in [0.5, 0.6) is 5.75 Å². The highest BCUT2D eigenvalue weighted by molar-refractivity contribution is 6.12. The average molecular weight is 677 g/mol. The van der Waals surface area contributed by atoms with Gasteiger partial charge in [0.25, 0.3) is 11.8 Å². The van der Waals surface area contributed by atoms with E-state index in [1.807, 2.05) is 19.1 Å². The van der Waals surface area contributed by atoms with Gasteiger partial charge in [-0.15, -0.1) is 13.2 Å². The second-order valence-electron chi connectivity index (χ2n) is 11.8. The van der Waals surface area contributed by atoms with Crippen LogP contribution in [0.1, 0.15) is 58.3 Å². The minimum Gasteiger partial charge on any atom is -0.496 e. The number of nitrogens with one attached hydrogen (secondary N) is 2. The molecule has 3 aromatic carbocycles. The Labute approximate surface area is 278 Å². The lowest BCUT2D eigenvalue weighted by Crippen LogP contribution is -2.59. The summed E-state index contributed by atoms with van der Waals surface area (Å²) >= 11 is 0. The third-order valence-corrected chi connectivity index (χ3v) is 8.55. The molecule has 13 heteroatoms. The number of fused-ring (bicyclic) bond motifs is 1. The van der Waals surface area contributed by atoms with Crippen molar-refractivity contribution in [3.63, 3.8) is 0 Å². The molecule has 2 N–H and O–H groups in total. The molecule has 49 heavy (non-hydrogen) atoms. The van der Waals surface area contributed by atoms with Gasteiger partial charge in [-0.05, 0) is 77.7 Å². The molecule has 1 saturated carbocycles. The first-order chi connectivity index (χ1) is 23.4. The summed E-state index contributed by atoms with van der Waals surface area (Å²) in [6.45, 7) is 2.02. The lowest BCUT2D eigenvalue weighted by molar-refractivity contribution is -0.356. The van der Waals surface area contributed by atoms with Crippen molar-refractivity contribution < 1.29 is 41.0 Å². The Hall–Kier alpha value is -5.30. The third kappa shape index (κ3) is 6.71. The fraction of sp³-hybridized carbons (Fsp3) is 0.278. The van der Waals surface area contributed by atoms with Crippen LogP contribution >= 0.6 is 0 Å². The normalized spacial score (nSPS) is 17.4. The Balaban J connectivity index is 1.43. The number of aromatic nitrogens is 2. The van der Waals surface area contributed by atoms with Crippen LogP contribution in [0.2, 0.25) is 0 Å². The zero-order valence-electron chi connectivity index (χ0n) is 26.8. The molecule has 5 aromatic rings. The van der Waals surface area contributed by atoms with Crippen molar-refractivity contribution in [2.45, 2.75) is 50.6 Å². The zero-order chi connectivity index (χ0) is 34.9. The topological polar surface area (TPSA) is 116 Å². The van der Waals surface area contributed by atoms with Crippen molar-refractivity contribution in [3.8, 4) is 28.2 Å². The maximum absolute atomic E-state index is 14.0. The highest BCUT2D eigenvalue weighted by Crippen LogP contribution is 2.45. The third-order valence-electron chi connectivity index (χ3n) is 8.55. The van der Waals surface area contributed by atoms with Crippen LogP contribution in [-0.4, -0.2) is 48.4 Å². The summed E-state index contributed by atoms with van der Waals surface area (Å²) in [5.41, 5.74) is 2.31. The van der Waals surface area contributed by atoms with Gasteiger partial charge in [-0.25, -0.2) is 14.4 Å². The first-order valence-corrected chi connectivity index (χ1v) is 15.6. The number of alkyl halides is 3. The lowest BCUT2D eigenvalue weighted by atomic mass is 9.73. The van der Waals surface area contributed by atoms with Crippen LogP contribution in [0.3, 0.4) is 0 Å². The molecule has 2 aromatic heterocycles. The number of amides is 2. The van der Waals surface area contributed by atoms with Crippen molar-refractivity contribution in [1.29, 1.82) is 0 Å². The summed E-state index contributed by atoms with van der Waals surface area (Å²) in [5, 5.41) is 6.04. The van der Waals surface area contributed by atoms with Crippen LogP contribution < -0.4 is 15.4 Å². The van der Waals surface area contributed by atoms with Gasteiger partial charge in [0.1, 0.15) is 28.4 Å². The number of rotatable bonds is 10. The van der Waals surface area contributed by atoms with Crippen LogP contribution in [-0.2, 0) is 16.7 Å². The molecule has 2 heterocycles. The quantitative estimate of drug-likeness (QED) is 0.149. The standard InChI is InChI=1S/C36H32F4N4O5/c1-4-6-21-16-29-26(30(33(46)41-2)31(48-29)20-7-10-23(37)11-8-20)17-25(21)22-9-12-28(47-3)27(15-22)32(45)44-35(34-42-13-5-14-43-34)18-24(19-35)49-36(38,39)40/h5,7-17,24H,4,6,18-19H2,1-3H3,(H,41,46)(H,44,45). The SMILES string of the molecule is CCCc1cc2oc(-c3ccc(F)cc3)c(C(=O)NC)c2cc1-c1ccc(OC)c(C(=O)NC2(c3ncccn3)CC(OC(F)(F)F)C2)c1. The van der Waals surface area contributed by atoms with E-state index in [1.54, 1.807) is 24.3 Å². The number of methoxy groups -OCH3 is 1. The minimum absolute atomic E-state index is 0.128. The monoisotopic (exact) mass is 676 g/mol. The Kier molecular flexibility index (Phi) is 9.12. The van der Waals surface area contributed by atoms with Crippen LogP contribution in [0.25, 0.3) is 33.4 Å². The smallest absolute Gasteiger partial charge is 0.496 e. The summed E-state index contributed by atoms with van der Waals surface area (Å²) in [7, 11) is 2.91. The summed E-state index contributed by atoms with van der Waals surface area (Å²) in [6, 6.07) is 15.9. The summed E-state index contributed by atoms with van der Waals surface area (Å²) < 4.78 is 68.7. The van der Waals surface area contributed by atoms with Crippen molar-refractivity contribution in [3.05, 3.63) is 101 Å². The number of carbonyl (C=O) groups excluding carboxylic acids is 2. The number of ether oxygens (including phenoxy) is 2. The maximum Gasteiger partial charge on any atom is 0.522 e. The van der Waals surface area contributed by atoms with Crippen molar-refractivity contribution in [2.24, 2.45) is 0 Å². The first kappa shape index (κ1) is 33.6. The number of halogens is 4. The molecule has 0 radical (unpaired) electrons. The molecular weight excluding hydrogens is 644 g/mol. The van der Waals surface area contributed by atoms with Gasteiger partial charge >= 0.3 is 6.36 Å². The summed E-state index contributed by atoms with van der Waals surface area (Å²) in [4.78, 5) is 35.6. The van der Waals surface area contributed by atoms with Gasteiger partial charge < -0.3 is 19.8 Å². The van der Waals surface area contributed by atoms with E-state index in [0.29, 0.717) is 28.5 Å². The van der Waals surface area contributed by atoms with Crippen molar-refractivity contribution in [1.82, 2.24) is 20.6 Å². The van der Waals surface area contributed by atoms with Gasteiger partial charge in [0, 0.05) is 43.2 Å². The molecule has 9 nitrogen and oxygen atoms in total. The number of furan rings is 1. The number of nitrogens with zero attached hydrogens (tertiary/aromatic N) is 2. The molecule has 1 aliphatic rings. The number of benzene rings is 3. The first-order valence-electron chi connectivity index (χ1n) is 15.6. The van der Waals surface area contributed by atoms with E-state index < -0.39 is 35.6 Å². The van der Waals surface area contributed by atoms with E-state index in [9.17, 15) is 27.2 Å². The van der Waals surface area contributed by atoms with Crippen LogP contribution in [0.15, 0.2) is 77.5 Å². The Morgan fingerprint density at radius 1 is 1.00 bits per heavy atom. The molecule has 0 saturated heterocycles. The van der Waals surface area contributed by atoms with Crippen LogP contribution in [0, 0.1) is 5.82 Å². The lowest BCUT2D eigenvalue weighted by Gasteiger charge is -2.46. The van der Waals surface area contributed by atoms with Gasteiger partial charge in [-0.2, -0.15) is 0 Å². The Bertz CT molecular complexity index is 2010. The molecule has 0 spiro atoms. The molecule has 0 unspecified atom stereocenters. The second kappa shape index (κ2) is 13.3. The molecule has 0 bridgehead atoms. The van der Waals surface area contributed by atoms with Crippen molar-refractivity contribution in [2.75, 3.05) is 14.2 Å². The molecule has 1 aliphatic carbocycles. The Morgan fingerprint density at radius 2 is 1.69 bits per heavy atom. The van der Waals surface area contributed by atoms with Gasteiger partial charge in [-0.3, -0.25) is 14.3 Å².